The highest BCUT2D eigenvalue weighted by Crippen LogP contribution is 2.59. The van der Waals surface area contributed by atoms with Crippen molar-refractivity contribution in [3.05, 3.63) is 186 Å². The van der Waals surface area contributed by atoms with Gasteiger partial charge in [-0.05, 0) is 108 Å². The van der Waals surface area contributed by atoms with Gasteiger partial charge in [0.1, 0.15) is 11.2 Å². The highest BCUT2D eigenvalue weighted by molar-refractivity contribution is 6.26. The van der Waals surface area contributed by atoms with Crippen molar-refractivity contribution < 1.29 is 4.42 Å². The largest absolute Gasteiger partial charge is 0.456 e. The molecule has 2 nitrogen and oxygen atoms in total. The number of hydrogen-bond donors (Lipinski definition) is 0. The summed E-state index contributed by atoms with van der Waals surface area (Å²) >= 11 is 0. The van der Waals surface area contributed by atoms with Crippen LogP contribution in [0, 0.1) is 0 Å². The quantitative estimate of drug-likeness (QED) is 0.169. The number of para-hydroxylation sites is 1. The Balaban J connectivity index is 1.25. The third-order valence-corrected chi connectivity index (χ3v) is 13.2. The summed E-state index contributed by atoms with van der Waals surface area (Å²) in [5, 5.41) is 9.86. The maximum Gasteiger partial charge on any atom is 0.137 e. The van der Waals surface area contributed by atoms with Crippen molar-refractivity contribution in [3.63, 3.8) is 0 Å². The van der Waals surface area contributed by atoms with Crippen LogP contribution in [-0.4, -0.2) is 0 Å². The van der Waals surface area contributed by atoms with Crippen LogP contribution in [0.3, 0.4) is 0 Å². The van der Waals surface area contributed by atoms with Gasteiger partial charge < -0.3 is 9.32 Å². The SMILES string of the molecule is CC1(C)c2ccccc2-c2cc(N(c3ccc4c5ccccc5c5ccccc5c4c3)c3c4c(cc5oc6ccccc6c35)C(C)(C)c3ccccc3-4)ccc21. The second-order valence-corrected chi connectivity index (χ2v) is 16.8. The van der Waals surface area contributed by atoms with Gasteiger partial charge in [0.15, 0.2) is 0 Å². The predicted molar refractivity (Wildman–Crippen MR) is 236 cm³/mol. The van der Waals surface area contributed by atoms with E-state index >= 15 is 0 Å². The smallest absolute Gasteiger partial charge is 0.137 e. The summed E-state index contributed by atoms with van der Waals surface area (Å²) in [5.74, 6) is 0. The average Bonchev–Trinajstić information content (AvgIpc) is 3.80. The fraction of sp³-hybridized carbons (Fsp3) is 0.111. The summed E-state index contributed by atoms with van der Waals surface area (Å²) < 4.78 is 6.83. The molecule has 0 spiro atoms. The third-order valence-electron chi connectivity index (χ3n) is 13.2. The minimum atomic E-state index is -0.223. The lowest BCUT2D eigenvalue weighted by Crippen LogP contribution is -2.17. The van der Waals surface area contributed by atoms with Crippen LogP contribution in [0.2, 0.25) is 0 Å². The Kier molecular flexibility index (Phi) is 6.22. The molecule has 10 aromatic rings. The molecule has 0 amide bonds. The fourth-order valence-electron chi connectivity index (χ4n) is 10.5. The van der Waals surface area contributed by atoms with Crippen molar-refractivity contribution in [2.45, 2.75) is 38.5 Å². The molecule has 266 valence electrons. The zero-order valence-electron chi connectivity index (χ0n) is 31.9. The van der Waals surface area contributed by atoms with Crippen LogP contribution in [0.15, 0.2) is 168 Å². The molecule has 0 aliphatic heterocycles. The summed E-state index contributed by atoms with van der Waals surface area (Å²) in [6.45, 7) is 9.44. The minimum Gasteiger partial charge on any atom is -0.456 e. The highest BCUT2D eigenvalue weighted by atomic mass is 16.3. The van der Waals surface area contributed by atoms with Crippen molar-refractivity contribution >= 4 is 71.3 Å². The molecule has 0 saturated heterocycles. The number of nitrogens with zero attached hydrogens (tertiary/aromatic N) is 1. The molecule has 0 atom stereocenters. The molecular weight excluding hydrogens is 679 g/mol. The Labute approximate surface area is 326 Å². The Morgan fingerprint density at radius 3 is 1.59 bits per heavy atom. The zero-order valence-corrected chi connectivity index (χ0v) is 31.9. The van der Waals surface area contributed by atoms with Crippen LogP contribution in [0.1, 0.15) is 49.9 Å². The standard InChI is InChI=1S/C54H39NO/c1-53(2)44-22-12-9-19-39(44)43-30-33(26-28-46(43)53)55(32-25-27-38-36-17-6-5-15-34(36)35-16-7-8-18-37(35)42(38)29-32)52-50-40-20-10-13-23-45(40)54(3,4)47(50)31-49-51(52)41-21-11-14-24-48(41)56-49/h5-31H,1-4H3. The van der Waals surface area contributed by atoms with Gasteiger partial charge in [0.25, 0.3) is 0 Å². The van der Waals surface area contributed by atoms with Crippen LogP contribution >= 0.6 is 0 Å². The van der Waals surface area contributed by atoms with Gasteiger partial charge in [-0.3, -0.25) is 0 Å². The maximum absolute atomic E-state index is 6.83. The van der Waals surface area contributed by atoms with E-state index in [0.29, 0.717) is 0 Å². The molecule has 0 N–H and O–H groups in total. The third kappa shape index (κ3) is 4.06. The Morgan fingerprint density at radius 1 is 0.375 bits per heavy atom. The molecule has 0 unspecified atom stereocenters. The summed E-state index contributed by atoms with van der Waals surface area (Å²) in [4.78, 5) is 2.55. The van der Waals surface area contributed by atoms with E-state index in [1.807, 2.05) is 0 Å². The number of fused-ring (bicyclic) bond motifs is 15. The molecule has 0 fully saturated rings. The molecule has 56 heavy (non-hydrogen) atoms. The van der Waals surface area contributed by atoms with Gasteiger partial charge >= 0.3 is 0 Å². The summed E-state index contributed by atoms with van der Waals surface area (Å²) in [6.07, 6.45) is 0. The molecule has 0 radical (unpaired) electrons. The zero-order chi connectivity index (χ0) is 37.5. The van der Waals surface area contributed by atoms with Crippen molar-refractivity contribution in [1.29, 1.82) is 0 Å². The number of anilines is 3. The first-order valence-corrected chi connectivity index (χ1v) is 19.8. The molecule has 0 bridgehead atoms. The number of furan rings is 1. The van der Waals surface area contributed by atoms with Crippen molar-refractivity contribution in [2.75, 3.05) is 4.90 Å². The molecule has 1 aromatic heterocycles. The first-order valence-electron chi connectivity index (χ1n) is 19.8. The molecule has 2 aliphatic rings. The Bertz CT molecular complexity index is 3290. The fourth-order valence-corrected chi connectivity index (χ4v) is 10.5. The van der Waals surface area contributed by atoms with Crippen molar-refractivity contribution in [1.82, 2.24) is 0 Å². The summed E-state index contributed by atoms with van der Waals surface area (Å²) in [5.41, 5.74) is 15.4. The van der Waals surface area contributed by atoms with E-state index in [1.54, 1.807) is 0 Å². The predicted octanol–water partition coefficient (Wildman–Crippen LogP) is 15.1. The van der Waals surface area contributed by atoms with E-state index in [4.69, 9.17) is 4.42 Å². The van der Waals surface area contributed by atoms with Gasteiger partial charge in [-0.25, -0.2) is 0 Å². The average molecular weight is 718 g/mol. The van der Waals surface area contributed by atoms with Crippen LogP contribution in [0.5, 0.6) is 0 Å². The van der Waals surface area contributed by atoms with E-state index in [9.17, 15) is 0 Å². The lowest BCUT2D eigenvalue weighted by molar-refractivity contribution is 0.647. The van der Waals surface area contributed by atoms with Crippen LogP contribution in [0.4, 0.5) is 17.1 Å². The van der Waals surface area contributed by atoms with Crippen molar-refractivity contribution in [3.8, 4) is 22.3 Å². The van der Waals surface area contributed by atoms with Gasteiger partial charge in [0, 0.05) is 33.2 Å². The van der Waals surface area contributed by atoms with E-state index in [-0.39, 0.29) is 10.8 Å². The number of hydrogen-bond acceptors (Lipinski definition) is 2. The highest BCUT2D eigenvalue weighted by Gasteiger charge is 2.41. The summed E-state index contributed by atoms with van der Waals surface area (Å²) in [6, 6.07) is 60.9. The number of benzene rings is 9. The minimum absolute atomic E-state index is 0.0941. The molecule has 9 aromatic carbocycles. The Morgan fingerprint density at radius 2 is 0.875 bits per heavy atom. The van der Waals surface area contributed by atoms with E-state index in [1.165, 1.54) is 76.8 Å². The molecule has 12 rings (SSSR count). The van der Waals surface area contributed by atoms with Gasteiger partial charge in [-0.1, -0.05) is 155 Å². The Hall–Kier alpha value is -6.64. The summed E-state index contributed by atoms with van der Waals surface area (Å²) in [7, 11) is 0. The molecule has 2 aliphatic carbocycles. The monoisotopic (exact) mass is 717 g/mol. The van der Waals surface area contributed by atoms with Gasteiger partial charge in [-0.2, -0.15) is 0 Å². The van der Waals surface area contributed by atoms with E-state index in [0.717, 1.165) is 39.0 Å². The van der Waals surface area contributed by atoms with Crippen LogP contribution < -0.4 is 4.90 Å². The topological polar surface area (TPSA) is 16.4 Å². The molecule has 2 heteroatoms. The number of rotatable bonds is 3. The van der Waals surface area contributed by atoms with E-state index < -0.39 is 0 Å². The van der Waals surface area contributed by atoms with E-state index in [2.05, 4.69) is 196 Å². The molecule has 0 saturated carbocycles. The molecule has 1 heterocycles. The first kappa shape index (κ1) is 31.7. The lowest BCUT2D eigenvalue weighted by Gasteiger charge is -2.31. The second kappa shape index (κ2) is 11.0. The first-order chi connectivity index (χ1) is 27.3. The van der Waals surface area contributed by atoms with Gasteiger partial charge in [0.2, 0.25) is 0 Å². The second-order valence-electron chi connectivity index (χ2n) is 16.8. The van der Waals surface area contributed by atoms with Crippen LogP contribution in [-0.2, 0) is 10.8 Å². The maximum atomic E-state index is 6.83. The normalized spacial score (nSPS) is 14.7. The van der Waals surface area contributed by atoms with Crippen LogP contribution in [0.25, 0.3) is 76.5 Å². The van der Waals surface area contributed by atoms with Crippen molar-refractivity contribution in [2.24, 2.45) is 0 Å². The molecular formula is C54H39NO. The van der Waals surface area contributed by atoms with Gasteiger partial charge in [0.05, 0.1) is 11.1 Å². The lowest BCUT2D eigenvalue weighted by atomic mass is 9.82. The van der Waals surface area contributed by atoms with Gasteiger partial charge in [-0.15, -0.1) is 0 Å².